The molecule has 1 rings (SSSR count). The summed E-state index contributed by atoms with van der Waals surface area (Å²) in [5.41, 5.74) is -0.998. The second kappa shape index (κ2) is 5.81. The van der Waals surface area contributed by atoms with Crippen molar-refractivity contribution in [2.75, 3.05) is 0 Å². The highest BCUT2D eigenvalue weighted by molar-refractivity contribution is 5.80. The first kappa shape index (κ1) is 15.8. The Morgan fingerprint density at radius 3 is 2.53 bits per heavy atom. The lowest BCUT2D eigenvalue weighted by atomic mass is 9.80. The van der Waals surface area contributed by atoms with E-state index in [0.29, 0.717) is 19.3 Å². The molecule has 0 bridgehead atoms. The van der Waals surface area contributed by atoms with E-state index in [0.717, 1.165) is 0 Å². The highest BCUT2D eigenvalue weighted by Crippen LogP contribution is 2.40. The molecule has 0 spiro atoms. The van der Waals surface area contributed by atoms with E-state index in [1.165, 1.54) is 0 Å². The van der Waals surface area contributed by atoms with E-state index < -0.39 is 29.5 Å². The standard InChI is InChI=1S/C13H19F3N2O/c1-3-12(2,8-17)18-11(19)9-5-4-6-10(7-9)13(14,15)16/h9-10H,3-7H2,1-2H3,(H,18,19). The van der Waals surface area contributed by atoms with Crippen LogP contribution in [-0.4, -0.2) is 17.6 Å². The number of nitrogens with zero attached hydrogens (tertiary/aromatic N) is 1. The molecule has 1 aliphatic rings. The van der Waals surface area contributed by atoms with Crippen molar-refractivity contribution in [3.8, 4) is 6.07 Å². The van der Waals surface area contributed by atoms with Crippen molar-refractivity contribution < 1.29 is 18.0 Å². The van der Waals surface area contributed by atoms with Crippen LogP contribution in [0.2, 0.25) is 0 Å². The van der Waals surface area contributed by atoms with Gasteiger partial charge < -0.3 is 5.32 Å². The number of rotatable bonds is 3. The maximum absolute atomic E-state index is 12.7. The summed E-state index contributed by atoms with van der Waals surface area (Å²) in [7, 11) is 0. The van der Waals surface area contributed by atoms with Crippen molar-refractivity contribution in [1.29, 1.82) is 5.26 Å². The first-order valence-corrected chi connectivity index (χ1v) is 6.52. The minimum absolute atomic E-state index is 0.0938. The lowest BCUT2D eigenvalue weighted by molar-refractivity contribution is -0.186. The van der Waals surface area contributed by atoms with E-state index in [1.807, 2.05) is 6.07 Å². The summed E-state index contributed by atoms with van der Waals surface area (Å²) in [6, 6.07) is 1.99. The zero-order valence-electron chi connectivity index (χ0n) is 11.2. The number of hydrogen-bond acceptors (Lipinski definition) is 2. The predicted molar refractivity (Wildman–Crippen MR) is 64.0 cm³/mol. The Hall–Kier alpha value is -1.25. The van der Waals surface area contributed by atoms with Gasteiger partial charge in [-0.25, -0.2) is 0 Å². The molecule has 3 nitrogen and oxygen atoms in total. The van der Waals surface area contributed by atoms with Crippen LogP contribution in [-0.2, 0) is 4.79 Å². The third-order valence-electron chi connectivity index (χ3n) is 3.86. The fraction of sp³-hybridized carbons (Fsp3) is 0.846. The number of halogens is 3. The Balaban J connectivity index is 2.66. The molecule has 1 saturated carbocycles. The first-order valence-electron chi connectivity index (χ1n) is 6.52. The lowest BCUT2D eigenvalue weighted by Gasteiger charge is -2.31. The topological polar surface area (TPSA) is 52.9 Å². The monoisotopic (exact) mass is 276 g/mol. The smallest absolute Gasteiger partial charge is 0.338 e. The molecule has 3 unspecified atom stereocenters. The van der Waals surface area contributed by atoms with Crippen molar-refractivity contribution in [3.05, 3.63) is 0 Å². The summed E-state index contributed by atoms with van der Waals surface area (Å²) in [4.78, 5) is 12.0. The maximum atomic E-state index is 12.7. The summed E-state index contributed by atoms with van der Waals surface area (Å²) in [5, 5.41) is 11.5. The van der Waals surface area contributed by atoms with Crippen LogP contribution in [0, 0.1) is 23.2 Å². The number of carbonyl (C=O) groups excluding carboxylic acids is 1. The lowest BCUT2D eigenvalue weighted by Crippen LogP contribution is -2.48. The molecule has 1 N–H and O–H groups in total. The summed E-state index contributed by atoms with van der Waals surface area (Å²) >= 11 is 0. The van der Waals surface area contributed by atoms with Gasteiger partial charge in [-0.15, -0.1) is 0 Å². The van der Waals surface area contributed by atoms with E-state index in [2.05, 4.69) is 5.32 Å². The molecule has 0 aromatic heterocycles. The number of carbonyl (C=O) groups is 1. The van der Waals surface area contributed by atoms with Crippen LogP contribution in [0.25, 0.3) is 0 Å². The number of nitrogens with one attached hydrogen (secondary N) is 1. The summed E-state index contributed by atoms with van der Waals surface area (Å²) in [5.74, 6) is -2.47. The Kier molecular flexibility index (Phi) is 4.83. The van der Waals surface area contributed by atoms with Gasteiger partial charge in [0.15, 0.2) is 0 Å². The van der Waals surface area contributed by atoms with Gasteiger partial charge in [0.1, 0.15) is 5.54 Å². The number of alkyl halides is 3. The van der Waals surface area contributed by atoms with Gasteiger partial charge in [0, 0.05) is 5.92 Å². The Labute approximate surface area is 111 Å². The summed E-state index contributed by atoms with van der Waals surface area (Å²) < 4.78 is 38.0. The molecule has 1 amide bonds. The van der Waals surface area contributed by atoms with Crippen molar-refractivity contribution in [2.24, 2.45) is 11.8 Å². The van der Waals surface area contributed by atoms with Gasteiger partial charge in [-0.3, -0.25) is 4.79 Å². The molecular formula is C13H19F3N2O. The molecule has 0 aromatic rings. The van der Waals surface area contributed by atoms with E-state index >= 15 is 0 Å². The van der Waals surface area contributed by atoms with Gasteiger partial charge in [-0.2, -0.15) is 18.4 Å². The minimum Gasteiger partial charge on any atom is -0.338 e. The number of hydrogen-bond donors (Lipinski definition) is 1. The van der Waals surface area contributed by atoms with Gasteiger partial charge in [0.2, 0.25) is 5.91 Å². The zero-order valence-corrected chi connectivity index (χ0v) is 11.2. The molecule has 1 aliphatic carbocycles. The molecule has 6 heteroatoms. The SMILES string of the molecule is CCC(C)(C#N)NC(=O)C1CCCC(C(F)(F)F)C1. The largest absolute Gasteiger partial charge is 0.391 e. The second-order valence-electron chi connectivity index (χ2n) is 5.39. The van der Waals surface area contributed by atoms with Crippen LogP contribution in [0.5, 0.6) is 0 Å². The van der Waals surface area contributed by atoms with Crippen molar-refractivity contribution >= 4 is 5.91 Å². The third-order valence-corrected chi connectivity index (χ3v) is 3.86. The third kappa shape index (κ3) is 4.12. The highest BCUT2D eigenvalue weighted by Gasteiger charge is 2.44. The normalized spacial score (nSPS) is 27.2. The Morgan fingerprint density at radius 1 is 1.42 bits per heavy atom. The van der Waals surface area contributed by atoms with Gasteiger partial charge in [-0.1, -0.05) is 13.3 Å². The Morgan fingerprint density at radius 2 is 2.05 bits per heavy atom. The van der Waals surface area contributed by atoms with Crippen LogP contribution in [0.15, 0.2) is 0 Å². The van der Waals surface area contributed by atoms with Crippen LogP contribution >= 0.6 is 0 Å². The van der Waals surface area contributed by atoms with Crippen LogP contribution in [0.3, 0.4) is 0 Å². The van der Waals surface area contributed by atoms with E-state index in [4.69, 9.17) is 5.26 Å². The fourth-order valence-corrected chi connectivity index (χ4v) is 2.29. The van der Waals surface area contributed by atoms with E-state index in [9.17, 15) is 18.0 Å². The first-order chi connectivity index (χ1) is 8.72. The van der Waals surface area contributed by atoms with Crippen LogP contribution < -0.4 is 5.32 Å². The molecule has 0 saturated heterocycles. The molecule has 3 atom stereocenters. The van der Waals surface area contributed by atoms with Gasteiger partial charge in [0.05, 0.1) is 12.0 Å². The molecule has 0 aliphatic heterocycles. The van der Waals surface area contributed by atoms with Crippen molar-refractivity contribution in [1.82, 2.24) is 5.32 Å². The second-order valence-corrected chi connectivity index (χ2v) is 5.39. The Bertz CT molecular complexity index is 375. The molecule has 19 heavy (non-hydrogen) atoms. The summed E-state index contributed by atoms with van der Waals surface area (Å²) in [6.07, 6.45) is -3.02. The fourth-order valence-electron chi connectivity index (χ4n) is 2.29. The molecule has 0 radical (unpaired) electrons. The van der Waals surface area contributed by atoms with Crippen molar-refractivity contribution in [3.63, 3.8) is 0 Å². The van der Waals surface area contributed by atoms with Gasteiger partial charge >= 0.3 is 6.18 Å². The summed E-state index contributed by atoms with van der Waals surface area (Å²) in [6.45, 7) is 3.33. The number of amides is 1. The van der Waals surface area contributed by atoms with Gasteiger partial charge in [0.25, 0.3) is 0 Å². The van der Waals surface area contributed by atoms with E-state index in [-0.39, 0.29) is 12.8 Å². The average Bonchev–Trinajstić information content (AvgIpc) is 2.37. The highest BCUT2D eigenvalue weighted by atomic mass is 19.4. The quantitative estimate of drug-likeness (QED) is 0.860. The molecule has 0 aromatic carbocycles. The molecular weight excluding hydrogens is 257 g/mol. The van der Waals surface area contributed by atoms with Gasteiger partial charge in [-0.05, 0) is 32.6 Å². The number of nitriles is 1. The average molecular weight is 276 g/mol. The molecule has 0 heterocycles. The van der Waals surface area contributed by atoms with E-state index in [1.54, 1.807) is 13.8 Å². The zero-order chi connectivity index (χ0) is 14.7. The van der Waals surface area contributed by atoms with Crippen LogP contribution in [0.1, 0.15) is 46.0 Å². The van der Waals surface area contributed by atoms with Crippen molar-refractivity contribution in [2.45, 2.75) is 57.7 Å². The van der Waals surface area contributed by atoms with Crippen LogP contribution in [0.4, 0.5) is 13.2 Å². The molecule has 108 valence electrons. The molecule has 1 fully saturated rings. The minimum atomic E-state index is -4.23. The maximum Gasteiger partial charge on any atom is 0.391 e. The predicted octanol–water partition coefficient (Wildman–Crippen LogP) is 3.16.